The van der Waals surface area contributed by atoms with Crippen molar-refractivity contribution in [1.82, 2.24) is 24.6 Å². The van der Waals surface area contributed by atoms with Crippen LogP contribution in [0.15, 0.2) is 36.9 Å². The Hall–Kier alpha value is -2.70. The number of amides is 2. The number of carbonyl (C=O) groups is 2. The maximum absolute atomic E-state index is 13.4. The van der Waals surface area contributed by atoms with Gasteiger partial charge in [0.1, 0.15) is 12.7 Å². The number of nitrogens with zero attached hydrogens (tertiary/aromatic N) is 5. The van der Waals surface area contributed by atoms with Gasteiger partial charge in [-0.15, -0.1) is 0 Å². The lowest BCUT2D eigenvalue weighted by Crippen LogP contribution is -2.48. The van der Waals surface area contributed by atoms with Gasteiger partial charge in [-0.1, -0.05) is 26.0 Å². The fourth-order valence-electron chi connectivity index (χ4n) is 3.90. The Labute approximate surface area is 165 Å². The summed E-state index contributed by atoms with van der Waals surface area (Å²) in [5.74, 6) is 1.05. The van der Waals surface area contributed by atoms with Gasteiger partial charge in [0, 0.05) is 26.1 Å². The third-order valence-electron chi connectivity index (χ3n) is 5.73. The van der Waals surface area contributed by atoms with Crippen molar-refractivity contribution in [3.8, 4) is 5.69 Å². The van der Waals surface area contributed by atoms with Crippen molar-refractivity contribution < 1.29 is 9.59 Å². The fourth-order valence-corrected chi connectivity index (χ4v) is 3.90. The van der Waals surface area contributed by atoms with Gasteiger partial charge >= 0.3 is 0 Å². The molecular formula is C21H27N5O2. The summed E-state index contributed by atoms with van der Waals surface area (Å²) in [4.78, 5) is 34.1. The van der Waals surface area contributed by atoms with E-state index in [2.05, 4.69) is 23.9 Å². The molecule has 0 radical (unpaired) electrons. The molecule has 2 amide bonds. The lowest BCUT2D eigenvalue weighted by Gasteiger charge is -2.35. The molecule has 0 spiro atoms. The highest BCUT2D eigenvalue weighted by Crippen LogP contribution is 2.32. The summed E-state index contributed by atoms with van der Waals surface area (Å²) in [6.07, 6.45) is 5.85. The molecule has 1 unspecified atom stereocenters. The zero-order valence-electron chi connectivity index (χ0n) is 16.5. The van der Waals surface area contributed by atoms with E-state index in [1.807, 2.05) is 34.1 Å². The Kier molecular flexibility index (Phi) is 5.15. The van der Waals surface area contributed by atoms with Gasteiger partial charge in [0.15, 0.2) is 0 Å². The van der Waals surface area contributed by atoms with Crippen LogP contribution >= 0.6 is 0 Å². The van der Waals surface area contributed by atoms with E-state index in [0.717, 1.165) is 6.54 Å². The van der Waals surface area contributed by atoms with E-state index < -0.39 is 0 Å². The molecule has 1 aromatic heterocycles. The lowest BCUT2D eigenvalue weighted by atomic mass is 10.0. The minimum absolute atomic E-state index is 0.0538. The first kappa shape index (κ1) is 18.7. The van der Waals surface area contributed by atoms with Crippen molar-refractivity contribution in [2.75, 3.05) is 19.6 Å². The number of rotatable bonds is 5. The van der Waals surface area contributed by atoms with Gasteiger partial charge in [0.25, 0.3) is 5.91 Å². The third-order valence-corrected chi connectivity index (χ3v) is 5.73. The standard InChI is InChI=1S/C21H27N5O2/c1-15(2)19-12-24(10-9-20(27)25(19)11-16-7-8-16)21(28)17-5-3-4-6-18(17)26-14-22-13-23-26/h3-6,13-16,19H,7-12H2,1-2H3. The smallest absolute Gasteiger partial charge is 0.256 e. The molecule has 0 bridgehead atoms. The summed E-state index contributed by atoms with van der Waals surface area (Å²) in [7, 11) is 0. The molecule has 4 rings (SSSR count). The van der Waals surface area contributed by atoms with Gasteiger partial charge in [-0.05, 0) is 36.8 Å². The minimum Gasteiger partial charge on any atom is -0.337 e. The van der Waals surface area contributed by atoms with Crippen LogP contribution in [0.25, 0.3) is 5.69 Å². The average Bonchev–Trinajstić information content (AvgIpc) is 3.39. The number of aromatic nitrogens is 3. The summed E-state index contributed by atoms with van der Waals surface area (Å²) < 4.78 is 1.61. The van der Waals surface area contributed by atoms with Crippen LogP contribution in [0, 0.1) is 11.8 Å². The van der Waals surface area contributed by atoms with E-state index in [4.69, 9.17) is 0 Å². The first-order valence-electron chi connectivity index (χ1n) is 10.1. The van der Waals surface area contributed by atoms with Crippen molar-refractivity contribution >= 4 is 11.8 Å². The summed E-state index contributed by atoms with van der Waals surface area (Å²) in [5, 5.41) is 4.17. The van der Waals surface area contributed by atoms with E-state index >= 15 is 0 Å². The molecule has 1 saturated heterocycles. The van der Waals surface area contributed by atoms with Crippen LogP contribution in [0.2, 0.25) is 0 Å². The minimum atomic E-state index is -0.0576. The first-order valence-corrected chi connectivity index (χ1v) is 10.1. The second kappa shape index (κ2) is 7.73. The highest BCUT2D eigenvalue weighted by atomic mass is 16.2. The zero-order valence-corrected chi connectivity index (χ0v) is 16.5. The van der Waals surface area contributed by atoms with Crippen molar-refractivity contribution in [2.24, 2.45) is 11.8 Å². The largest absolute Gasteiger partial charge is 0.337 e. The normalized spacial score (nSPS) is 20.5. The van der Waals surface area contributed by atoms with E-state index in [-0.39, 0.29) is 17.9 Å². The molecule has 0 N–H and O–H groups in total. The maximum atomic E-state index is 13.4. The molecule has 1 aromatic carbocycles. The van der Waals surface area contributed by atoms with Crippen LogP contribution in [-0.2, 0) is 4.79 Å². The molecule has 2 heterocycles. The molecule has 28 heavy (non-hydrogen) atoms. The Morgan fingerprint density at radius 3 is 2.71 bits per heavy atom. The van der Waals surface area contributed by atoms with Gasteiger partial charge in [0.05, 0.1) is 17.3 Å². The van der Waals surface area contributed by atoms with Crippen molar-refractivity contribution in [3.05, 3.63) is 42.5 Å². The molecule has 7 heteroatoms. The van der Waals surface area contributed by atoms with Crippen molar-refractivity contribution in [1.29, 1.82) is 0 Å². The average molecular weight is 381 g/mol. The number of para-hydroxylation sites is 1. The second-order valence-electron chi connectivity index (χ2n) is 8.16. The highest BCUT2D eigenvalue weighted by molar-refractivity contribution is 5.98. The highest BCUT2D eigenvalue weighted by Gasteiger charge is 2.37. The molecule has 1 atom stereocenters. The maximum Gasteiger partial charge on any atom is 0.256 e. The molecule has 7 nitrogen and oxygen atoms in total. The second-order valence-corrected chi connectivity index (χ2v) is 8.16. The summed E-state index contributed by atoms with van der Waals surface area (Å²) in [6.45, 7) is 6.12. The predicted octanol–water partition coefficient (Wildman–Crippen LogP) is 2.38. The topological polar surface area (TPSA) is 71.3 Å². The van der Waals surface area contributed by atoms with Gasteiger partial charge in [-0.3, -0.25) is 9.59 Å². The molecule has 1 aliphatic heterocycles. The van der Waals surface area contributed by atoms with Crippen LogP contribution in [0.5, 0.6) is 0 Å². The Morgan fingerprint density at radius 1 is 1.25 bits per heavy atom. The van der Waals surface area contributed by atoms with Gasteiger partial charge in [0.2, 0.25) is 5.91 Å². The zero-order chi connectivity index (χ0) is 19.7. The monoisotopic (exact) mass is 381 g/mol. The predicted molar refractivity (Wildman–Crippen MR) is 105 cm³/mol. The number of hydrogen-bond donors (Lipinski definition) is 0. The molecular weight excluding hydrogens is 354 g/mol. The van der Waals surface area contributed by atoms with E-state index in [1.165, 1.54) is 19.2 Å². The summed E-state index contributed by atoms with van der Waals surface area (Å²) in [6, 6.07) is 7.48. The fraction of sp³-hybridized carbons (Fsp3) is 0.524. The van der Waals surface area contributed by atoms with Crippen LogP contribution in [-0.4, -0.2) is 62.1 Å². The third kappa shape index (κ3) is 3.79. The van der Waals surface area contributed by atoms with Gasteiger partial charge in [-0.2, -0.15) is 5.10 Å². The molecule has 1 aliphatic carbocycles. The van der Waals surface area contributed by atoms with E-state index in [0.29, 0.717) is 42.6 Å². The van der Waals surface area contributed by atoms with Crippen LogP contribution in [0.3, 0.4) is 0 Å². The van der Waals surface area contributed by atoms with E-state index in [9.17, 15) is 9.59 Å². The van der Waals surface area contributed by atoms with Crippen LogP contribution in [0.1, 0.15) is 43.5 Å². The van der Waals surface area contributed by atoms with Crippen molar-refractivity contribution in [3.63, 3.8) is 0 Å². The molecule has 2 aliphatic rings. The molecule has 1 saturated carbocycles. The molecule has 2 fully saturated rings. The SMILES string of the molecule is CC(C)C1CN(C(=O)c2ccccc2-n2cncn2)CCC(=O)N1CC1CC1. The van der Waals surface area contributed by atoms with Crippen molar-refractivity contribution in [2.45, 2.75) is 39.2 Å². The Balaban J connectivity index is 1.60. The number of benzene rings is 1. The molecule has 148 valence electrons. The Bertz CT molecular complexity index is 844. The summed E-state index contributed by atoms with van der Waals surface area (Å²) >= 11 is 0. The van der Waals surface area contributed by atoms with Gasteiger partial charge < -0.3 is 9.80 Å². The summed E-state index contributed by atoms with van der Waals surface area (Å²) in [5.41, 5.74) is 1.29. The number of hydrogen-bond acceptors (Lipinski definition) is 4. The lowest BCUT2D eigenvalue weighted by molar-refractivity contribution is -0.133. The van der Waals surface area contributed by atoms with E-state index in [1.54, 1.807) is 11.0 Å². The van der Waals surface area contributed by atoms with Crippen LogP contribution < -0.4 is 0 Å². The van der Waals surface area contributed by atoms with Crippen LogP contribution in [0.4, 0.5) is 0 Å². The Morgan fingerprint density at radius 2 is 2.04 bits per heavy atom. The number of carbonyl (C=O) groups excluding carboxylic acids is 2. The first-order chi connectivity index (χ1) is 13.5. The molecule has 2 aromatic rings. The quantitative estimate of drug-likeness (QED) is 0.797. The van der Waals surface area contributed by atoms with Gasteiger partial charge in [-0.25, -0.2) is 9.67 Å².